The first kappa shape index (κ1) is 23.5. The Morgan fingerprint density at radius 2 is 1.78 bits per heavy atom. The molecule has 0 fully saturated rings. The number of carboxylic acid groups (broad SMARTS) is 1. The molecule has 0 aliphatic heterocycles. The molecule has 0 aliphatic rings. The van der Waals surface area contributed by atoms with Crippen molar-refractivity contribution in [2.24, 2.45) is 0 Å². The van der Waals surface area contributed by atoms with Gasteiger partial charge in [0, 0.05) is 42.5 Å². The molecule has 0 saturated carbocycles. The molecule has 180 valence electrons. The Labute approximate surface area is 213 Å². The zero-order valence-corrected chi connectivity index (χ0v) is 20.4. The number of pyridine rings is 1. The maximum absolute atomic E-state index is 11.1. The van der Waals surface area contributed by atoms with E-state index in [-0.39, 0.29) is 6.42 Å². The fourth-order valence-electron chi connectivity index (χ4n) is 4.00. The third-order valence-corrected chi connectivity index (χ3v) is 6.68. The molecule has 0 atom stereocenters. The van der Waals surface area contributed by atoms with Crippen LogP contribution in [-0.4, -0.2) is 25.6 Å². The fraction of sp³-hybridized carbons (Fsp3) is 0.138. The van der Waals surface area contributed by atoms with Gasteiger partial charge in [0.05, 0.1) is 11.4 Å². The third kappa shape index (κ3) is 5.87. The average molecular weight is 496 g/mol. The van der Waals surface area contributed by atoms with Crippen molar-refractivity contribution in [3.05, 3.63) is 114 Å². The monoisotopic (exact) mass is 495 g/mol. The van der Waals surface area contributed by atoms with Crippen LogP contribution in [0.5, 0.6) is 5.75 Å². The Morgan fingerprint density at radius 1 is 0.972 bits per heavy atom. The van der Waals surface area contributed by atoms with Gasteiger partial charge in [-0.05, 0) is 47.4 Å². The molecule has 36 heavy (non-hydrogen) atoms. The Bertz CT molecular complexity index is 1430. The first-order valence-electron chi connectivity index (χ1n) is 11.7. The van der Waals surface area contributed by atoms with Crippen molar-refractivity contribution in [1.82, 2.24) is 14.5 Å². The second-order valence-corrected chi connectivity index (χ2v) is 9.28. The van der Waals surface area contributed by atoms with E-state index in [0.717, 1.165) is 44.4 Å². The summed E-state index contributed by atoms with van der Waals surface area (Å²) in [5.41, 5.74) is 6.08. The highest BCUT2D eigenvalue weighted by Crippen LogP contribution is 2.27. The molecule has 0 amide bonds. The molecule has 3 aromatic heterocycles. The van der Waals surface area contributed by atoms with Crippen molar-refractivity contribution in [1.29, 1.82) is 0 Å². The first-order chi connectivity index (χ1) is 17.6. The predicted molar refractivity (Wildman–Crippen MR) is 141 cm³/mol. The lowest BCUT2D eigenvalue weighted by molar-refractivity contribution is -0.136. The van der Waals surface area contributed by atoms with Crippen molar-refractivity contribution in [2.75, 3.05) is 0 Å². The van der Waals surface area contributed by atoms with E-state index in [1.165, 1.54) is 0 Å². The minimum atomic E-state index is -0.789. The van der Waals surface area contributed by atoms with Crippen LogP contribution in [0.15, 0.2) is 96.8 Å². The summed E-state index contributed by atoms with van der Waals surface area (Å²) in [4.78, 5) is 20.1. The van der Waals surface area contributed by atoms with E-state index in [4.69, 9.17) is 9.84 Å². The van der Waals surface area contributed by atoms with Crippen LogP contribution in [-0.2, 0) is 24.4 Å². The van der Waals surface area contributed by atoms with Gasteiger partial charge in [0.15, 0.2) is 0 Å². The van der Waals surface area contributed by atoms with E-state index in [1.807, 2.05) is 53.9 Å². The number of aryl methyl sites for hydroxylation is 1. The second-order valence-electron chi connectivity index (χ2n) is 8.42. The highest BCUT2D eigenvalue weighted by atomic mass is 32.1. The summed E-state index contributed by atoms with van der Waals surface area (Å²) in [6, 6.07) is 23.9. The average Bonchev–Trinajstić information content (AvgIpc) is 3.55. The predicted octanol–water partition coefficient (Wildman–Crippen LogP) is 6.32. The van der Waals surface area contributed by atoms with Gasteiger partial charge in [-0.2, -0.15) is 0 Å². The summed E-state index contributed by atoms with van der Waals surface area (Å²) in [5.74, 6) is -0.00581. The zero-order chi connectivity index (χ0) is 24.7. The molecule has 5 aromatic rings. The Morgan fingerprint density at radius 3 is 2.53 bits per heavy atom. The molecule has 3 heterocycles. The molecular formula is C29H25N3O3S. The number of ether oxygens (including phenoxy) is 1. The van der Waals surface area contributed by atoms with Gasteiger partial charge < -0.3 is 14.4 Å². The van der Waals surface area contributed by atoms with Crippen molar-refractivity contribution < 1.29 is 14.6 Å². The molecule has 0 unspecified atom stereocenters. The topological polar surface area (TPSA) is 77.2 Å². The van der Waals surface area contributed by atoms with E-state index in [2.05, 4.69) is 51.2 Å². The first-order valence-corrected chi connectivity index (χ1v) is 12.6. The van der Waals surface area contributed by atoms with Crippen LogP contribution < -0.4 is 4.74 Å². The molecule has 0 radical (unpaired) electrons. The van der Waals surface area contributed by atoms with Gasteiger partial charge in [-0.3, -0.25) is 9.78 Å². The minimum absolute atomic E-state index is 0.109. The fourth-order valence-corrected chi connectivity index (χ4v) is 4.78. The third-order valence-electron chi connectivity index (χ3n) is 5.77. The molecule has 0 spiro atoms. The quantitative estimate of drug-likeness (QED) is 0.245. The van der Waals surface area contributed by atoms with E-state index < -0.39 is 5.97 Å². The summed E-state index contributed by atoms with van der Waals surface area (Å²) >= 11 is 1.56. The largest absolute Gasteiger partial charge is 0.487 e. The van der Waals surface area contributed by atoms with Crippen LogP contribution in [0.1, 0.15) is 23.2 Å². The molecule has 0 saturated heterocycles. The normalized spacial score (nSPS) is 10.9. The lowest BCUT2D eigenvalue weighted by Crippen LogP contribution is -1.99. The summed E-state index contributed by atoms with van der Waals surface area (Å²) in [7, 11) is 0. The van der Waals surface area contributed by atoms with Crippen LogP contribution in [0, 0.1) is 0 Å². The smallest absolute Gasteiger partial charge is 0.303 e. The number of rotatable bonds is 10. The lowest BCUT2D eigenvalue weighted by Gasteiger charge is -2.07. The van der Waals surface area contributed by atoms with Crippen molar-refractivity contribution in [3.63, 3.8) is 0 Å². The van der Waals surface area contributed by atoms with E-state index >= 15 is 0 Å². The number of aliphatic carboxylic acids is 1. The number of aromatic nitrogens is 3. The van der Waals surface area contributed by atoms with Crippen LogP contribution in [0.3, 0.4) is 0 Å². The van der Waals surface area contributed by atoms with Crippen LogP contribution >= 0.6 is 11.3 Å². The standard InChI is InChI=1S/C29H25N3O3S/c33-28(34)14-11-23-17-32(18-26(23)22-6-2-1-3-7-22)16-21-9-12-25(13-10-21)35-19-24-20-36-29(31-24)27-8-4-5-15-30-27/h1-10,12-13,15,17-18,20H,11,14,16,19H2,(H,33,34). The maximum atomic E-state index is 11.1. The Hall–Kier alpha value is -4.23. The van der Waals surface area contributed by atoms with Crippen molar-refractivity contribution >= 4 is 17.3 Å². The number of hydrogen-bond acceptors (Lipinski definition) is 5. The number of hydrogen-bond donors (Lipinski definition) is 1. The molecule has 0 aliphatic carbocycles. The summed E-state index contributed by atoms with van der Waals surface area (Å²) in [5, 5.41) is 12.0. The molecule has 0 bridgehead atoms. The van der Waals surface area contributed by atoms with E-state index in [9.17, 15) is 4.79 Å². The second kappa shape index (κ2) is 11.0. The molecule has 6 nitrogen and oxygen atoms in total. The van der Waals surface area contributed by atoms with Crippen molar-refractivity contribution in [3.8, 4) is 27.6 Å². The lowest BCUT2D eigenvalue weighted by atomic mass is 10.0. The number of benzene rings is 2. The van der Waals surface area contributed by atoms with Gasteiger partial charge in [0.1, 0.15) is 17.4 Å². The van der Waals surface area contributed by atoms with Gasteiger partial charge in [0.25, 0.3) is 0 Å². The minimum Gasteiger partial charge on any atom is -0.487 e. The number of carboxylic acids is 1. The Kier molecular flexibility index (Phi) is 7.19. The number of nitrogens with zero attached hydrogens (tertiary/aromatic N) is 3. The molecule has 7 heteroatoms. The molecule has 1 N–H and O–H groups in total. The van der Waals surface area contributed by atoms with Gasteiger partial charge in [-0.25, -0.2) is 4.98 Å². The Balaban J connectivity index is 1.23. The highest BCUT2D eigenvalue weighted by Gasteiger charge is 2.11. The summed E-state index contributed by atoms with van der Waals surface area (Å²) in [6.07, 6.45) is 6.52. The molecule has 2 aromatic carbocycles. The SMILES string of the molecule is O=C(O)CCc1cn(Cc2ccc(OCc3csc(-c4ccccn4)n3)cc2)cc1-c1ccccc1. The van der Waals surface area contributed by atoms with Gasteiger partial charge in [-0.1, -0.05) is 48.5 Å². The van der Waals surface area contributed by atoms with Gasteiger partial charge >= 0.3 is 5.97 Å². The molecular weight excluding hydrogens is 470 g/mol. The zero-order valence-electron chi connectivity index (χ0n) is 19.6. The van der Waals surface area contributed by atoms with Gasteiger partial charge in [-0.15, -0.1) is 11.3 Å². The van der Waals surface area contributed by atoms with Crippen LogP contribution in [0.4, 0.5) is 0 Å². The maximum Gasteiger partial charge on any atom is 0.303 e. The number of thiazole rings is 1. The summed E-state index contributed by atoms with van der Waals surface area (Å²) < 4.78 is 8.06. The summed E-state index contributed by atoms with van der Waals surface area (Å²) in [6.45, 7) is 1.08. The van der Waals surface area contributed by atoms with E-state index in [1.54, 1.807) is 17.5 Å². The van der Waals surface area contributed by atoms with E-state index in [0.29, 0.717) is 19.6 Å². The van der Waals surface area contributed by atoms with Gasteiger partial charge in [0.2, 0.25) is 0 Å². The highest BCUT2D eigenvalue weighted by molar-refractivity contribution is 7.13. The van der Waals surface area contributed by atoms with Crippen LogP contribution in [0.25, 0.3) is 21.8 Å². The number of carbonyl (C=O) groups is 1. The van der Waals surface area contributed by atoms with Crippen LogP contribution in [0.2, 0.25) is 0 Å². The van der Waals surface area contributed by atoms with Crippen molar-refractivity contribution in [2.45, 2.75) is 26.0 Å². The molecule has 5 rings (SSSR count).